The van der Waals surface area contributed by atoms with E-state index < -0.39 is 5.91 Å². The Morgan fingerprint density at radius 1 is 1.69 bits per heavy atom. The summed E-state index contributed by atoms with van der Waals surface area (Å²) >= 11 is 0. The number of hydrazine groups is 1. The summed E-state index contributed by atoms with van der Waals surface area (Å²) in [5.41, 5.74) is 2.94. The lowest BCUT2D eigenvalue weighted by atomic mass is 9.96. The predicted molar refractivity (Wildman–Crippen MR) is 57.5 cm³/mol. The average Bonchev–Trinajstić information content (AvgIpc) is 2.57. The molecule has 1 aliphatic rings. The maximum absolute atomic E-state index is 11.2. The molecule has 1 saturated carbocycles. The fraction of sp³-hybridized carbons (Fsp3) is 0.545. The molecule has 5 nitrogen and oxygen atoms in total. The van der Waals surface area contributed by atoms with E-state index in [-0.39, 0.29) is 5.76 Å². The zero-order valence-corrected chi connectivity index (χ0v) is 9.29. The minimum absolute atomic E-state index is 0.229. The van der Waals surface area contributed by atoms with Crippen LogP contribution in [0.1, 0.15) is 41.1 Å². The highest BCUT2D eigenvalue weighted by Gasteiger charge is 2.19. The van der Waals surface area contributed by atoms with E-state index in [0.29, 0.717) is 18.5 Å². The van der Waals surface area contributed by atoms with Crippen molar-refractivity contribution in [1.29, 1.82) is 0 Å². The molecule has 0 bridgehead atoms. The molecule has 1 heterocycles. The predicted octanol–water partition coefficient (Wildman–Crippen LogP) is 1.26. The third-order valence-electron chi connectivity index (χ3n) is 2.90. The van der Waals surface area contributed by atoms with Gasteiger partial charge in [0.2, 0.25) is 0 Å². The molecule has 1 fully saturated rings. The number of furan rings is 1. The van der Waals surface area contributed by atoms with Gasteiger partial charge in [0.25, 0.3) is 0 Å². The second-order valence-electron chi connectivity index (χ2n) is 4.03. The summed E-state index contributed by atoms with van der Waals surface area (Å²) in [5, 5.41) is 0. The number of rotatable bonds is 4. The number of ether oxygens (including phenoxy) is 1. The fourth-order valence-corrected chi connectivity index (χ4v) is 1.59. The van der Waals surface area contributed by atoms with Crippen LogP contribution in [-0.2, 0) is 11.3 Å². The summed E-state index contributed by atoms with van der Waals surface area (Å²) in [6.07, 6.45) is 3.89. The van der Waals surface area contributed by atoms with Crippen LogP contribution in [0.15, 0.2) is 10.5 Å². The molecule has 1 aromatic heterocycles. The minimum atomic E-state index is -0.419. The van der Waals surface area contributed by atoms with Crippen molar-refractivity contribution in [3.63, 3.8) is 0 Å². The smallest absolute Gasteiger partial charge is 0.300 e. The average molecular weight is 224 g/mol. The molecular formula is C11H16N2O3. The lowest BCUT2D eigenvalue weighted by Crippen LogP contribution is -2.29. The fourth-order valence-electron chi connectivity index (χ4n) is 1.59. The monoisotopic (exact) mass is 224 g/mol. The third-order valence-corrected chi connectivity index (χ3v) is 2.90. The molecule has 1 aliphatic carbocycles. The van der Waals surface area contributed by atoms with E-state index in [1.807, 2.05) is 12.3 Å². The van der Waals surface area contributed by atoms with E-state index in [0.717, 1.165) is 18.4 Å². The number of aryl methyl sites for hydroxylation is 1. The van der Waals surface area contributed by atoms with Crippen LogP contribution in [0.4, 0.5) is 0 Å². The Kier molecular flexibility index (Phi) is 3.26. The van der Waals surface area contributed by atoms with Crippen LogP contribution >= 0.6 is 0 Å². The van der Waals surface area contributed by atoms with Crippen LogP contribution in [0.3, 0.4) is 0 Å². The number of amides is 1. The first-order chi connectivity index (χ1) is 7.70. The molecule has 0 saturated heterocycles. The number of nitrogens with one attached hydrogen (secondary N) is 1. The van der Waals surface area contributed by atoms with Gasteiger partial charge in [0, 0.05) is 5.56 Å². The number of hydrogen-bond donors (Lipinski definition) is 2. The van der Waals surface area contributed by atoms with Crippen molar-refractivity contribution in [3.8, 4) is 0 Å². The van der Waals surface area contributed by atoms with Gasteiger partial charge in [-0.1, -0.05) is 0 Å². The highest BCUT2D eigenvalue weighted by Crippen LogP contribution is 2.24. The molecule has 0 aliphatic heterocycles. The SMILES string of the molecule is Cc1oc(C(=O)NN)cc1COC1CCC1. The zero-order chi connectivity index (χ0) is 11.5. The van der Waals surface area contributed by atoms with Gasteiger partial charge in [-0.15, -0.1) is 0 Å². The van der Waals surface area contributed by atoms with Crippen LogP contribution in [0.25, 0.3) is 0 Å². The Hall–Kier alpha value is -1.33. The van der Waals surface area contributed by atoms with Crippen LogP contribution in [0.2, 0.25) is 0 Å². The van der Waals surface area contributed by atoms with Crippen molar-refractivity contribution in [2.45, 2.75) is 38.9 Å². The molecule has 5 heteroatoms. The number of hydrogen-bond acceptors (Lipinski definition) is 4. The van der Waals surface area contributed by atoms with Gasteiger partial charge in [0.15, 0.2) is 5.76 Å². The first-order valence-corrected chi connectivity index (χ1v) is 5.42. The highest BCUT2D eigenvalue weighted by atomic mass is 16.5. The van der Waals surface area contributed by atoms with E-state index >= 15 is 0 Å². The van der Waals surface area contributed by atoms with Gasteiger partial charge in [-0.2, -0.15) is 0 Å². The molecule has 0 radical (unpaired) electrons. The number of nitrogen functional groups attached to an aromatic ring is 1. The van der Waals surface area contributed by atoms with Gasteiger partial charge in [-0.05, 0) is 32.3 Å². The normalized spacial score (nSPS) is 15.9. The first-order valence-electron chi connectivity index (χ1n) is 5.42. The molecule has 88 valence electrons. The van der Waals surface area contributed by atoms with Gasteiger partial charge in [0.05, 0.1) is 12.7 Å². The first kappa shape index (κ1) is 11.2. The largest absolute Gasteiger partial charge is 0.456 e. The number of nitrogens with two attached hydrogens (primary N) is 1. The molecule has 3 N–H and O–H groups in total. The second kappa shape index (κ2) is 4.67. The van der Waals surface area contributed by atoms with Crippen molar-refractivity contribution < 1.29 is 13.9 Å². The molecule has 0 unspecified atom stereocenters. The number of carbonyl (C=O) groups excluding carboxylic acids is 1. The zero-order valence-electron chi connectivity index (χ0n) is 9.29. The maximum Gasteiger partial charge on any atom is 0.300 e. The Bertz CT molecular complexity index is 383. The molecular weight excluding hydrogens is 208 g/mol. The van der Waals surface area contributed by atoms with Crippen LogP contribution < -0.4 is 11.3 Å². The van der Waals surface area contributed by atoms with E-state index in [1.54, 1.807) is 6.07 Å². The summed E-state index contributed by atoms with van der Waals surface area (Å²) in [6.45, 7) is 2.31. The molecule has 0 aromatic carbocycles. The molecule has 0 atom stereocenters. The van der Waals surface area contributed by atoms with E-state index in [4.69, 9.17) is 15.0 Å². The van der Waals surface area contributed by atoms with Gasteiger partial charge in [-0.25, -0.2) is 5.84 Å². The molecule has 1 aromatic rings. The lowest BCUT2D eigenvalue weighted by molar-refractivity contribution is -0.00908. The summed E-state index contributed by atoms with van der Waals surface area (Å²) in [6, 6.07) is 1.68. The molecule has 1 amide bonds. The summed E-state index contributed by atoms with van der Waals surface area (Å²) in [4.78, 5) is 11.2. The number of carbonyl (C=O) groups is 1. The summed E-state index contributed by atoms with van der Waals surface area (Å²) in [7, 11) is 0. The van der Waals surface area contributed by atoms with Crippen LogP contribution in [-0.4, -0.2) is 12.0 Å². The van der Waals surface area contributed by atoms with Crippen molar-refractivity contribution in [1.82, 2.24) is 5.43 Å². The van der Waals surface area contributed by atoms with Gasteiger partial charge >= 0.3 is 5.91 Å². The Balaban J connectivity index is 1.97. The van der Waals surface area contributed by atoms with Gasteiger partial charge < -0.3 is 9.15 Å². The van der Waals surface area contributed by atoms with Crippen molar-refractivity contribution in [2.75, 3.05) is 0 Å². The Morgan fingerprint density at radius 2 is 2.44 bits per heavy atom. The molecule has 16 heavy (non-hydrogen) atoms. The van der Waals surface area contributed by atoms with Gasteiger partial charge in [0.1, 0.15) is 5.76 Å². The van der Waals surface area contributed by atoms with Gasteiger partial charge in [-0.3, -0.25) is 10.2 Å². The summed E-state index contributed by atoms with van der Waals surface area (Å²) in [5.74, 6) is 5.54. The van der Waals surface area contributed by atoms with Crippen LogP contribution in [0, 0.1) is 6.92 Å². The van der Waals surface area contributed by atoms with Crippen molar-refractivity contribution in [3.05, 3.63) is 23.2 Å². The highest BCUT2D eigenvalue weighted by molar-refractivity contribution is 5.91. The maximum atomic E-state index is 11.2. The van der Waals surface area contributed by atoms with Crippen molar-refractivity contribution >= 4 is 5.91 Å². The lowest BCUT2D eigenvalue weighted by Gasteiger charge is -2.25. The Labute approximate surface area is 93.9 Å². The van der Waals surface area contributed by atoms with Crippen molar-refractivity contribution in [2.24, 2.45) is 5.84 Å². The summed E-state index contributed by atoms with van der Waals surface area (Å²) < 4.78 is 10.9. The molecule has 2 rings (SSSR count). The van der Waals surface area contributed by atoms with E-state index in [2.05, 4.69) is 0 Å². The Morgan fingerprint density at radius 3 is 3.00 bits per heavy atom. The quantitative estimate of drug-likeness (QED) is 0.458. The standard InChI is InChI=1S/C11H16N2O3/c1-7-8(6-15-9-3-2-4-9)5-10(16-7)11(14)13-12/h5,9H,2-4,6,12H2,1H3,(H,13,14). The van der Waals surface area contributed by atoms with E-state index in [9.17, 15) is 4.79 Å². The second-order valence-corrected chi connectivity index (χ2v) is 4.03. The third kappa shape index (κ3) is 2.25. The molecule has 0 spiro atoms. The topological polar surface area (TPSA) is 77.5 Å². The van der Waals surface area contributed by atoms with E-state index in [1.165, 1.54) is 6.42 Å². The van der Waals surface area contributed by atoms with Crippen LogP contribution in [0.5, 0.6) is 0 Å². The minimum Gasteiger partial charge on any atom is -0.456 e.